The Morgan fingerprint density at radius 3 is 2.04 bits per heavy atom. The van der Waals surface area contributed by atoms with Gasteiger partial charge in [0.05, 0.1) is 0 Å². The molecule has 3 heteroatoms. The molecule has 0 aromatic heterocycles. The van der Waals surface area contributed by atoms with Gasteiger partial charge in [0.15, 0.2) is 11.6 Å². The van der Waals surface area contributed by atoms with Crippen LogP contribution >= 0.6 is 11.6 Å². The summed E-state index contributed by atoms with van der Waals surface area (Å²) in [6.07, 6.45) is 3.80. The Kier molecular flexibility index (Phi) is 4.24. The van der Waals surface area contributed by atoms with Crippen molar-refractivity contribution < 1.29 is 9.59 Å². The molecule has 128 valence electrons. The van der Waals surface area contributed by atoms with E-state index in [1.165, 1.54) is 0 Å². The molecule has 0 saturated heterocycles. The van der Waals surface area contributed by atoms with E-state index in [2.05, 4.69) is 0 Å². The monoisotopic (exact) mass is 352 g/mol. The fourth-order valence-corrected chi connectivity index (χ4v) is 4.96. The highest BCUT2D eigenvalue weighted by atomic mass is 35.5. The minimum Gasteiger partial charge on any atom is -0.298 e. The average molecular weight is 353 g/mol. The van der Waals surface area contributed by atoms with Crippen molar-refractivity contribution in [2.24, 2.45) is 11.8 Å². The molecule has 0 spiro atoms. The molecule has 0 radical (unpaired) electrons. The smallest absolute Gasteiger partial charge is 0.151 e. The van der Waals surface area contributed by atoms with Gasteiger partial charge in [-0.3, -0.25) is 9.59 Å². The van der Waals surface area contributed by atoms with Crippen LogP contribution in [-0.2, 0) is 9.59 Å². The number of halogens is 1. The zero-order valence-electron chi connectivity index (χ0n) is 14.3. The van der Waals surface area contributed by atoms with Gasteiger partial charge in [-0.15, -0.1) is 0 Å². The number of benzene rings is 2. The maximum absolute atomic E-state index is 12.9. The summed E-state index contributed by atoms with van der Waals surface area (Å²) in [5.74, 6) is -0.657. The first-order valence-corrected chi connectivity index (χ1v) is 9.38. The fraction of sp³-hybridized carbons (Fsp3) is 0.364. The molecule has 0 aliphatic heterocycles. The number of fused-ring (bicyclic) bond motifs is 1. The summed E-state index contributed by atoms with van der Waals surface area (Å²) in [6.45, 7) is 1.95. The van der Waals surface area contributed by atoms with Crippen molar-refractivity contribution in [3.63, 3.8) is 0 Å². The molecule has 0 N–H and O–H groups in total. The molecule has 2 aliphatic rings. The molecule has 2 aliphatic carbocycles. The zero-order valence-corrected chi connectivity index (χ0v) is 15.1. The highest BCUT2D eigenvalue weighted by Gasteiger charge is 2.51. The molecule has 2 nitrogen and oxygen atoms in total. The van der Waals surface area contributed by atoms with Crippen LogP contribution in [0.2, 0.25) is 5.02 Å². The maximum atomic E-state index is 12.9. The molecule has 2 saturated carbocycles. The van der Waals surface area contributed by atoms with Gasteiger partial charge in [-0.25, -0.2) is 0 Å². The summed E-state index contributed by atoms with van der Waals surface area (Å²) in [6, 6.07) is 13.9. The van der Waals surface area contributed by atoms with Crippen LogP contribution < -0.4 is 0 Å². The maximum Gasteiger partial charge on any atom is 0.151 e. The van der Waals surface area contributed by atoms with E-state index in [-0.39, 0.29) is 23.4 Å². The Morgan fingerprint density at radius 2 is 1.48 bits per heavy atom. The number of aryl methyl sites for hydroxylation is 1. The standard InChI is InChI=1S/C22H21ClO2/c1-13-11-15(14-7-3-2-4-8-14)12-18(23)19(13)20-21(24)16-9-5-6-10-17(16)22(20)25/h2-4,7-8,11-12,16-17,20H,5-6,9-10H2,1H3. The molecular formula is C22H21ClO2. The molecule has 2 atom stereocenters. The van der Waals surface area contributed by atoms with Crippen LogP contribution in [0.3, 0.4) is 0 Å². The third kappa shape index (κ3) is 2.73. The van der Waals surface area contributed by atoms with E-state index < -0.39 is 5.92 Å². The number of carbonyl (C=O) groups is 2. The van der Waals surface area contributed by atoms with Crippen molar-refractivity contribution in [1.82, 2.24) is 0 Å². The number of carbonyl (C=O) groups excluding carboxylic acids is 2. The lowest BCUT2D eigenvalue weighted by atomic mass is 9.81. The van der Waals surface area contributed by atoms with Gasteiger partial charge in [0.2, 0.25) is 0 Å². The summed E-state index contributed by atoms with van der Waals surface area (Å²) in [7, 11) is 0. The second-order valence-corrected chi connectivity index (χ2v) is 7.70. The second kappa shape index (κ2) is 6.42. The first-order chi connectivity index (χ1) is 12.1. The second-order valence-electron chi connectivity index (χ2n) is 7.29. The molecule has 0 heterocycles. The molecule has 0 bridgehead atoms. The predicted molar refractivity (Wildman–Crippen MR) is 99.8 cm³/mol. The molecule has 2 fully saturated rings. The van der Waals surface area contributed by atoms with Crippen LogP contribution in [0.5, 0.6) is 0 Å². The summed E-state index contributed by atoms with van der Waals surface area (Å²) in [4.78, 5) is 25.9. The van der Waals surface area contributed by atoms with Crippen molar-refractivity contribution in [3.05, 3.63) is 58.6 Å². The SMILES string of the molecule is Cc1cc(-c2ccccc2)cc(Cl)c1C1C(=O)C2CCCCC2C1=O. The summed E-state index contributed by atoms with van der Waals surface area (Å²) in [5, 5.41) is 0.532. The van der Waals surface area contributed by atoms with Crippen LogP contribution in [0.15, 0.2) is 42.5 Å². The van der Waals surface area contributed by atoms with Crippen LogP contribution in [-0.4, -0.2) is 11.6 Å². The topological polar surface area (TPSA) is 34.1 Å². The van der Waals surface area contributed by atoms with E-state index in [4.69, 9.17) is 11.6 Å². The highest BCUT2D eigenvalue weighted by molar-refractivity contribution is 6.33. The van der Waals surface area contributed by atoms with Crippen LogP contribution in [0.1, 0.15) is 42.7 Å². The minimum absolute atomic E-state index is 0.0875. The van der Waals surface area contributed by atoms with Crippen LogP contribution in [0.4, 0.5) is 0 Å². The number of hydrogen-bond acceptors (Lipinski definition) is 2. The van der Waals surface area contributed by atoms with Gasteiger partial charge < -0.3 is 0 Å². The lowest BCUT2D eigenvalue weighted by molar-refractivity contribution is -0.125. The Morgan fingerprint density at radius 1 is 0.880 bits per heavy atom. The van der Waals surface area contributed by atoms with Crippen LogP contribution in [0, 0.1) is 18.8 Å². The van der Waals surface area contributed by atoms with E-state index in [1.54, 1.807) is 0 Å². The van der Waals surface area contributed by atoms with Crippen molar-refractivity contribution in [2.75, 3.05) is 0 Å². The summed E-state index contributed by atoms with van der Waals surface area (Å²) >= 11 is 6.59. The van der Waals surface area contributed by atoms with Gasteiger partial charge >= 0.3 is 0 Å². The molecular weight excluding hydrogens is 332 g/mol. The number of Topliss-reactive ketones (excluding diaryl/α,β-unsaturated/α-hetero) is 2. The average Bonchev–Trinajstić information content (AvgIpc) is 2.87. The summed E-state index contributed by atoms with van der Waals surface area (Å²) < 4.78 is 0. The van der Waals surface area contributed by atoms with Crippen molar-refractivity contribution in [2.45, 2.75) is 38.5 Å². The van der Waals surface area contributed by atoms with Crippen molar-refractivity contribution >= 4 is 23.2 Å². The largest absolute Gasteiger partial charge is 0.298 e. The minimum atomic E-state index is -0.662. The van der Waals surface area contributed by atoms with E-state index >= 15 is 0 Å². The van der Waals surface area contributed by atoms with E-state index in [1.807, 2.05) is 49.4 Å². The van der Waals surface area contributed by atoms with Gasteiger partial charge in [0, 0.05) is 16.9 Å². The van der Waals surface area contributed by atoms with Gasteiger partial charge in [-0.1, -0.05) is 60.8 Å². The Labute approximate surface area is 153 Å². The Balaban J connectivity index is 1.76. The number of rotatable bonds is 2. The van der Waals surface area contributed by atoms with Gasteiger partial charge in [-0.2, -0.15) is 0 Å². The zero-order chi connectivity index (χ0) is 17.6. The third-order valence-electron chi connectivity index (χ3n) is 5.80. The molecule has 2 aromatic rings. The first-order valence-electron chi connectivity index (χ1n) is 9.01. The molecule has 25 heavy (non-hydrogen) atoms. The van der Waals surface area contributed by atoms with Gasteiger partial charge in [-0.05, 0) is 48.1 Å². The summed E-state index contributed by atoms with van der Waals surface area (Å²) in [5.41, 5.74) is 3.75. The third-order valence-corrected chi connectivity index (χ3v) is 6.11. The molecule has 0 amide bonds. The first kappa shape index (κ1) is 16.5. The fourth-order valence-electron chi connectivity index (χ4n) is 4.58. The van der Waals surface area contributed by atoms with Crippen molar-refractivity contribution in [3.8, 4) is 11.1 Å². The Hall–Kier alpha value is -1.93. The van der Waals surface area contributed by atoms with Crippen LogP contribution in [0.25, 0.3) is 11.1 Å². The molecule has 2 aromatic carbocycles. The quantitative estimate of drug-likeness (QED) is 0.682. The normalized spacial score (nSPS) is 25.9. The number of hydrogen-bond donors (Lipinski definition) is 0. The van der Waals surface area contributed by atoms with Gasteiger partial charge in [0.1, 0.15) is 5.92 Å². The van der Waals surface area contributed by atoms with Crippen molar-refractivity contribution in [1.29, 1.82) is 0 Å². The molecule has 4 rings (SSSR count). The van der Waals surface area contributed by atoms with Gasteiger partial charge in [0.25, 0.3) is 0 Å². The lowest BCUT2D eigenvalue weighted by Crippen LogP contribution is -2.21. The Bertz CT molecular complexity index is 793. The molecule has 2 unspecified atom stereocenters. The number of ketones is 2. The predicted octanol–water partition coefficient (Wildman–Crippen LogP) is 5.36. The van der Waals surface area contributed by atoms with E-state index in [0.29, 0.717) is 5.02 Å². The van der Waals surface area contributed by atoms with E-state index in [0.717, 1.165) is 47.9 Å². The van der Waals surface area contributed by atoms with E-state index in [9.17, 15) is 9.59 Å². The highest BCUT2D eigenvalue weighted by Crippen LogP contribution is 2.46. The lowest BCUT2D eigenvalue weighted by Gasteiger charge is -2.21.